The van der Waals surface area contributed by atoms with Gasteiger partial charge in [0.15, 0.2) is 0 Å². The van der Waals surface area contributed by atoms with Crippen molar-refractivity contribution in [1.82, 2.24) is 5.32 Å². The van der Waals surface area contributed by atoms with Gasteiger partial charge in [0.25, 0.3) is 0 Å². The summed E-state index contributed by atoms with van der Waals surface area (Å²) in [5.41, 5.74) is 1.98. The van der Waals surface area contributed by atoms with Gasteiger partial charge in [0.2, 0.25) is 0 Å². The quantitative estimate of drug-likeness (QED) is 0.659. The van der Waals surface area contributed by atoms with E-state index in [4.69, 9.17) is 0 Å². The van der Waals surface area contributed by atoms with Crippen molar-refractivity contribution in [2.24, 2.45) is 5.41 Å². The van der Waals surface area contributed by atoms with Gasteiger partial charge in [0, 0.05) is 5.54 Å². The fourth-order valence-electron chi connectivity index (χ4n) is 1.72. The molecule has 0 amide bonds. The lowest BCUT2D eigenvalue weighted by Gasteiger charge is -2.35. The number of rotatable bonds is 4. The van der Waals surface area contributed by atoms with E-state index in [1.54, 1.807) is 0 Å². The van der Waals surface area contributed by atoms with Crippen molar-refractivity contribution < 1.29 is 0 Å². The molecule has 0 aliphatic heterocycles. The molecule has 0 rings (SSSR count). The molecule has 0 aromatic carbocycles. The van der Waals surface area contributed by atoms with E-state index in [9.17, 15) is 0 Å². The molecule has 0 aromatic heterocycles. The van der Waals surface area contributed by atoms with Gasteiger partial charge in [-0.1, -0.05) is 25.5 Å². The highest BCUT2D eigenvalue weighted by Gasteiger charge is 2.28. The second-order valence-corrected chi connectivity index (χ2v) is 5.17. The Bertz CT molecular complexity index is 187. The molecule has 1 N–H and O–H groups in total. The maximum absolute atomic E-state index is 3.35. The maximum atomic E-state index is 3.35. The van der Waals surface area contributed by atoms with E-state index in [2.05, 4.69) is 52.9 Å². The van der Waals surface area contributed by atoms with Gasteiger partial charge in [-0.25, -0.2) is 0 Å². The first-order valence-corrected chi connectivity index (χ1v) is 5.07. The Labute approximate surface area is 83.6 Å². The molecule has 0 unspecified atom stereocenters. The van der Waals surface area contributed by atoms with E-state index in [1.807, 2.05) is 7.05 Å². The number of hydrogen-bond acceptors (Lipinski definition) is 1. The summed E-state index contributed by atoms with van der Waals surface area (Å²) >= 11 is 0. The first kappa shape index (κ1) is 12.7. The van der Waals surface area contributed by atoms with Crippen LogP contribution in [-0.2, 0) is 0 Å². The molecule has 0 radical (unpaired) electrons. The molecule has 13 heavy (non-hydrogen) atoms. The predicted octanol–water partition coefficient (Wildman–Crippen LogP) is 3.37. The highest BCUT2D eigenvalue weighted by Crippen LogP contribution is 2.34. The summed E-state index contributed by atoms with van der Waals surface area (Å²) in [4.78, 5) is 0. The van der Waals surface area contributed by atoms with Crippen LogP contribution in [0.15, 0.2) is 11.6 Å². The van der Waals surface area contributed by atoms with Crippen LogP contribution in [0.4, 0.5) is 0 Å². The zero-order valence-corrected chi connectivity index (χ0v) is 10.3. The summed E-state index contributed by atoms with van der Waals surface area (Å²) < 4.78 is 0. The molecule has 0 bridgehead atoms. The minimum Gasteiger partial charge on any atom is -0.315 e. The Morgan fingerprint density at radius 2 is 1.69 bits per heavy atom. The third kappa shape index (κ3) is 3.95. The van der Waals surface area contributed by atoms with Crippen molar-refractivity contribution in [3.8, 4) is 0 Å². The van der Waals surface area contributed by atoms with Crippen LogP contribution in [0.2, 0.25) is 0 Å². The number of hydrogen-bond donors (Lipinski definition) is 1. The SMILES string of the molecule is C/C=C(/C)C(C)(C)CC(C)(C)NC. The smallest absolute Gasteiger partial charge is 0.0130 e. The van der Waals surface area contributed by atoms with Crippen LogP contribution >= 0.6 is 0 Å². The number of allylic oxidation sites excluding steroid dienone is 2. The summed E-state index contributed by atoms with van der Waals surface area (Å²) in [7, 11) is 2.03. The molecule has 1 nitrogen and oxygen atoms in total. The van der Waals surface area contributed by atoms with Crippen LogP contribution in [0, 0.1) is 5.41 Å². The molecule has 0 aliphatic carbocycles. The van der Waals surface area contributed by atoms with Crippen LogP contribution < -0.4 is 5.32 Å². The standard InChI is InChI=1S/C12H25N/c1-8-10(2)11(3,4)9-12(5,6)13-7/h8,13H,9H2,1-7H3/b10-8-. The van der Waals surface area contributed by atoms with Crippen molar-refractivity contribution in [1.29, 1.82) is 0 Å². The van der Waals surface area contributed by atoms with Crippen molar-refractivity contribution in [3.05, 3.63) is 11.6 Å². The lowest BCUT2D eigenvalue weighted by molar-refractivity contribution is 0.270. The van der Waals surface area contributed by atoms with Gasteiger partial charge in [0.05, 0.1) is 0 Å². The largest absolute Gasteiger partial charge is 0.315 e. The molecule has 0 aromatic rings. The van der Waals surface area contributed by atoms with E-state index < -0.39 is 0 Å². The van der Waals surface area contributed by atoms with Gasteiger partial charge >= 0.3 is 0 Å². The molecule has 0 saturated heterocycles. The molecular formula is C12H25N. The predicted molar refractivity (Wildman–Crippen MR) is 61.0 cm³/mol. The monoisotopic (exact) mass is 183 g/mol. The van der Waals surface area contributed by atoms with E-state index >= 15 is 0 Å². The average molecular weight is 183 g/mol. The topological polar surface area (TPSA) is 12.0 Å². The van der Waals surface area contributed by atoms with Crippen LogP contribution in [0.3, 0.4) is 0 Å². The lowest BCUT2D eigenvalue weighted by atomic mass is 9.75. The molecule has 78 valence electrons. The summed E-state index contributed by atoms with van der Waals surface area (Å²) in [5.74, 6) is 0. The highest BCUT2D eigenvalue weighted by atomic mass is 14.9. The molecule has 1 heteroatoms. The van der Waals surface area contributed by atoms with Gasteiger partial charge in [-0.3, -0.25) is 0 Å². The van der Waals surface area contributed by atoms with E-state index in [-0.39, 0.29) is 5.54 Å². The summed E-state index contributed by atoms with van der Waals surface area (Å²) in [5, 5.41) is 3.35. The number of nitrogens with one attached hydrogen (secondary N) is 1. The summed E-state index contributed by atoms with van der Waals surface area (Å²) in [6.45, 7) is 13.4. The fraction of sp³-hybridized carbons (Fsp3) is 0.833. The van der Waals surface area contributed by atoms with Crippen LogP contribution in [0.1, 0.15) is 48.0 Å². The summed E-state index contributed by atoms with van der Waals surface area (Å²) in [6, 6.07) is 0. The van der Waals surface area contributed by atoms with Crippen molar-refractivity contribution in [2.45, 2.75) is 53.5 Å². The van der Waals surface area contributed by atoms with E-state index in [0.29, 0.717) is 5.41 Å². The maximum Gasteiger partial charge on any atom is 0.0130 e. The fourth-order valence-corrected chi connectivity index (χ4v) is 1.72. The third-order valence-corrected chi connectivity index (χ3v) is 3.06. The molecule has 0 heterocycles. The third-order valence-electron chi connectivity index (χ3n) is 3.06. The normalized spacial score (nSPS) is 14.8. The Morgan fingerprint density at radius 1 is 1.23 bits per heavy atom. The van der Waals surface area contributed by atoms with Gasteiger partial charge in [-0.2, -0.15) is 0 Å². The first-order valence-electron chi connectivity index (χ1n) is 5.07. The second-order valence-electron chi connectivity index (χ2n) is 5.17. The van der Waals surface area contributed by atoms with Crippen molar-refractivity contribution in [3.63, 3.8) is 0 Å². The molecule has 0 atom stereocenters. The van der Waals surface area contributed by atoms with Gasteiger partial charge < -0.3 is 5.32 Å². The van der Waals surface area contributed by atoms with Crippen LogP contribution in [-0.4, -0.2) is 12.6 Å². The zero-order valence-electron chi connectivity index (χ0n) is 10.3. The van der Waals surface area contributed by atoms with Gasteiger partial charge in [0.1, 0.15) is 0 Å². The molecule has 0 fully saturated rings. The molecule has 0 aliphatic rings. The lowest BCUT2D eigenvalue weighted by Crippen LogP contribution is -2.40. The minimum atomic E-state index is 0.216. The Hall–Kier alpha value is -0.300. The van der Waals surface area contributed by atoms with Crippen molar-refractivity contribution in [2.75, 3.05) is 7.05 Å². The van der Waals surface area contributed by atoms with Crippen molar-refractivity contribution >= 4 is 0 Å². The van der Waals surface area contributed by atoms with Crippen LogP contribution in [0.5, 0.6) is 0 Å². The average Bonchev–Trinajstić information content (AvgIpc) is 2.01. The Morgan fingerprint density at radius 3 is 2.00 bits per heavy atom. The van der Waals surface area contributed by atoms with E-state index in [1.165, 1.54) is 5.57 Å². The zero-order chi connectivity index (χ0) is 10.7. The molecule has 0 spiro atoms. The van der Waals surface area contributed by atoms with Crippen LogP contribution in [0.25, 0.3) is 0 Å². The van der Waals surface area contributed by atoms with Gasteiger partial charge in [-0.15, -0.1) is 0 Å². The first-order chi connectivity index (χ1) is 5.75. The minimum absolute atomic E-state index is 0.216. The Kier molecular flexibility index (Phi) is 4.18. The molecule has 0 saturated carbocycles. The van der Waals surface area contributed by atoms with E-state index in [0.717, 1.165) is 6.42 Å². The second kappa shape index (κ2) is 4.28. The highest BCUT2D eigenvalue weighted by molar-refractivity contribution is 5.09. The summed E-state index contributed by atoms with van der Waals surface area (Å²) in [6.07, 6.45) is 3.37. The molecular weight excluding hydrogens is 158 g/mol. The Balaban J connectivity index is 4.51. The van der Waals surface area contributed by atoms with Gasteiger partial charge in [-0.05, 0) is 46.6 Å².